The van der Waals surface area contributed by atoms with E-state index in [-0.39, 0.29) is 18.2 Å². The molecule has 144 valence electrons. The Morgan fingerprint density at radius 1 is 0.963 bits per heavy atom. The summed E-state index contributed by atoms with van der Waals surface area (Å²) in [7, 11) is -3.42. The van der Waals surface area contributed by atoms with E-state index in [4.69, 9.17) is 11.6 Å². The zero-order valence-electron chi connectivity index (χ0n) is 14.8. The van der Waals surface area contributed by atoms with E-state index in [1.165, 1.54) is 4.31 Å². The van der Waals surface area contributed by atoms with Crippen LogP contribution >= 0.6 is 11.6 Å². The van der Waals surface area contributed by atoms with Gasteiger partial charge in [0.15, 0.2) is 0 Å². The highest BCUT2D eigenvalue weighted by Gasteiger charge is 2.27. The molecule has 0 saturated carbocycles. The van der Waals surface area contributed by atoms with Crippen molar-refractivity contribution in [2.45, 2.75) is 0 Å². The fourth-order valence-corrected chi connectivity index (χ4v) is 4.62. The number of para-hydroxylation sites is 1. The van der Waals surface area contributed by atoms with E-state index >= 15 is 0 Å². The molecule has 0 unspecified atom stereocenters. The number of nitrogens with zero attached hydrogens (tertiary/aromatic N) is 2. The number of nitrogens with one attached hydrogen (secondary N) is 1. The first-order chi connectivity index (χ1) is 13.0. The van der Waals surface area contributed by atoms with Gasteiger partial charge in [0.05, 0.1) is 16.5 Å². The zero-order valence-corrected chi connectivity index (χ0v) is 16.4. The number of amides is 1. The molecule has 2 aromatic carbocycles. The van der Waals surface area contributed by atoms with Crippen LogP contribution in [0.3, 0.4) is 0 Å². The number of benzene rings is 2. The van der Waals surface area contributed by atoms with Crippen molar-refractivity contribution >= 4 is 33.2 Å². The number of piperazine rings is 1. The van der Waals surface area contributed by atoms with E-state index in [0.717, 1.165) is 5.69 Å². The highest BCUT2D eigenvalue weighted by atomic mass is 35.5. The summed E-state index contributed by atoms with van der Waals surface area (Å²) in [5, 5.41) is 3.33. The molecule has 1 saturated heterocycles. The molecule has 6 nitrogen and oxygen atoms in total. The monoisotopic (exact) mass is 407 g/mol. The van der Waals surface area contributed by atoms with Gasteiger partial charge in [-0.25, -0.2) is 8.42 Å². The molecule has 1 fully saturated rings. The van der Waals surface area contributed by atoms with Crippen molar-refractivity contribution in [2.24, 2.45) is 0 Å². The van der Waals surface area contributed by atoms with Gasteiger partial charge in [0.2, 0.25) is 10.0 Å². The summed E-state index contributed by atoms with van der Waals surface area (Å²) in [4.78, 5) is 14.1. The molecule has 27 heavy (non-hydrogen) atoms. The van der Waals surface area contributed by atoms with Crippen LogP contribution < -0.4 is 10.2 Å². The summed E-state index contributed by atoms with van der Waals surface area (Å²) >= 11 is 6.22. The summed E-state index contributed by atoms with van der Waals surface area (Å²) in [6, 6.07) is 16.3. The van der Waals surface area contributed by atoms with E-state index in [2.05, 4.69) is 10.2 Å². The first-order valence-electron chi connectivity index (χ1n) is 8.78. The molecule has 1 amide bonds. The van der Waals surface area contributed by atoms with Gasteiger partial charge in [-0.05, 0) is 24.3 Å². The lowest BCUT2D eigenvalue weighted by molar-refractivity contribution is 0.0956. The van der Waals surface area contributed by atoms with Gasteiger partial charge < -0.3 is 10.2 Å². The van der Waals surface area contributed by atoms with Gasteiger partial charge in [-0.1, -0.05) is 41.9 Å². The number of carbonyl (C=O) groups is 1. The molecule has 2 aromatic rings. The second-order valence-corrected chi connectivity index (χ2v) is 8.77. The van der Waals surface area contributed by atoms with Gasteiger partial charge >= 0.3 is 0 Å². The number of sulfonamides is 1. The molecular weight excluding hydrogens is 386 g/mol. The van der Waals surface area contributed by atoms with Crippen LogP contribution in [0.4, 0.5) is 5.69 Å². The first kappa shape index (κ1) is 19.7. The molecule has 0 spiro atoms. The lowest BCUT2D eigenvalue weighted by Crippen LogP contribution is -2.50. The molecule has 1 heterocycles. The van der Waals surface area contributed by atoms with Crippen LogP contribution in [0, 0.1) is 0 Å². The molecule has 3 rings (SSSR count). The molecule has 8 heteroatoms. The molecule has 0 aliphatic carbocycles. The Morgan fingerprint density at radius 2 is 1.59 bits per heavy atom. The number of halogens is 1. The van der Waals surface area contributed by atoms with E-state index in [1.807, 2.05) is 30.3 Å². The number of hydrogen-bond donors (Lipinski definition) is 1. The maximum atomic E-state index is 12.5. The Morgan fingerprint density at radius 3 is 2.26 bits per heavy atom. The SMILES string of the molecule is O=C(NCCS(=O)(=O)N1CCN(c2ccccc2Cl)CC1)c1ccccc1. The van der Waals surface area contributed by atoms with Gasteiger partial charge in [-0.2, -0.15) is 4.31 Å². The number of carbonyl (C=O) groups excluding carboxylic acids is 1. The van der Waals surface area contributed by atoms with Crippen LogP contribution in [-0.4, -0.2) is 57.1 Å². The van der Waals surface area contributed by atoms with Crippen LogP contribution in [0.25, 0.3) is 0 Å². The smallest absolute Gasteiger partial charge is 0.251 e. The summed E-state index contributed by atoms with van der Waals surface area (Å²) in [5.74, 6) is -0.383. The Bertz CT molecular complexity index is 882. The Balaban J connectivity index is 1.50. The van der Waals surface area contributed by atoms with Gasteiger partial charge in [0, 0.05) is 38.3 Å². The Labute approximate surface area is 164 Å². The van der Waals surface area contributed by atoms with Crippen LogP contribution in [0.2, 0.25) is 5.02 Å². The number of rotatable bonds is 6. The molecule has 1 aliphatic rings. The summed E-state index contributed by atoms with van der Waals surface area (Å²) in [6.07, 6.45) is 0. The Hall–Kier alpha value is -2.09. The minimum Gasteiger partial charge on any atom is -0.368 e. The van der Waals surface area contributed by atoms with Gasteiger partial charge in [-0.3, -0.25) is 4.79 Å². The normalized spacial score (nSPS) is 15.5. The maximum Gasteiger partial charge on any atom is 0.251 e. The molecule has 0 aromatic heterocycles. The quantitative estimate of drug-likeness (QED) is 0.797. The Kier molecular flexibility index (Phi) is 6.36. The third kappa shape index (κ3) is 5.00. The van der Waals surface area contributed by atoms with E-state index < -0.39 is 10.0 Å². The molecular formula is C19H22ClN3O3S. The second-order valence-electron chi connectivity index (χ2n) is 6.28. The third-order valence-corrected chi connectivity index (χ3v) is 6.70. The second kappa shape index (κ2) is 8.73. The summed E-state index contributed by atoms with van der Waals surface area (Å²) in [6.45, 7) is 2.06. The fraction of sp³-hybridized carbons (Fsp3) is 0.316. The number of anilines is 1. The first-order valence-corrected chi connectivity index (χ1v) is 10.8. The highest BCUT2D eigenvalue weighted by molar-refractivity contribution is 7.89. The van der Waals surface area contributed by atoms with Crippen molar-refractivity contribution in [3.63, 3.8) is 0 Å². The molecule has 0 atom stereocenters. The summed E-state index contributed by atoms with van der Waals surface area (Å²) in [5.41, 5.74) is 1.44. The van der Waals surface area contributed by atoms with Crippen LogP contribution in [-0.2, 0) is 10.0 Å². The predicted molar refractivity (Wildman–Crippen MR) is 108 cm³/mol. The van der Waals surface area contributed by atoms with Crippen molar-refractivity contribution in [1.82, 2.24) is 9.62 Å². The van der Waals surface area contributed by atoms with E-state index in [9.17, 15) is 13.2 Å². The van der Waals surface area contributed by atoms with Crippen molar-refractivity contribution in [1.29, 1.82) is 0 Å². The zero-order chi connectivity index (χ0) is 19.3. The van der Waals surface area contributed by atoms with Crippen molar-refractivity contribution in [3.05, 3.63) is 65.2 Å². The standard InChI is InChI=1S/C19H22ClN3O3S/c20-17-8-4-5-9-18(17)22-11-13-23(14-12-22)27(25,26)15-10-21-19(24)16-6-2-1-3-7-16/h1-9H,10-15H2,(H,21,24). The van der Waals surface area contributed by atoms with Crippen LogP contribution in [0.5, 0.6) is 0 Å². The maximum absolute atomic E-state index is 12.5. The average molecular weight is 408 g/mol. The molecule has 1 N–H and O–H groups in total. The van der Waals surface area contributed by atoms with Gasteiger partial charge in [0.1, 0.15) is 0 Å². The highest BCUT2D eigenvalue weighted by Crippen LogP contribution is 2.26. The van der Waals surface area contributed by atoms with Crippen molar-refractivity contribution < 1.29 is 13.2 Å². The lowest BCUT2D eigenvalue weighted by Gasteiger charge is -2.35. The molecule has 0 bridgehead atoms. The summed E-state index contributed by atoms with van der Waals surface area (Å²) < 4.78 is 26.6. The lowest BCUT2D eigenvalue weighted by atomic mass is 10.2. The predicted octanol–water partition coefficient (Wildman–Crippen LogP) is 2.22. The van der Waals surface area contributed by atoms with Crippen LogP contribution in [0.1, 0.15) is 10.4 Å². The largest absolute Gasteiger partial charge is 0.368 e. The minimum absolute atomic E-state index is 0.0841. The van der Waals surface area contributed by atoms with Gasteiger partial charge in [0.25, 0.3) is 5.91 Å². The fourth-order valence-electron chi connectivity index (χ4n) is 3.03. The van der Waals surface area contributed by atoms with E-state index in [0.29, 0.717) is 36.8 Å². The number of hydrogen-bond acceptors (Lipinski definition) is 4. The van der Waals surface area contributed by atoms with Crippen molar-refractivity contribution in [2.75, 3.05) is 43.4 Å². The van der Waals surface area contributed by atoms with Crippen molar-refractivity contribution in [3.8, 4) is 0 Å². The van der Waals surface area contributed by atoms with Gasteiger partial charge in [-0.15, -0.1) is 0 Å². The third-order valence-electron chi connectivity index (χ3n) is 4.51. The molecule has 0 radical (unpaired) electrons. The van der Waals surface area contributed by atoms with Crippen LogP contribution in [0.15, 0.2) is 54.6 Å². The minimum atomic E-state index is -3.42. The topological polar surface area (TPSA) is 69.7 Å². The average Bonchev–Trinajstić information content (AvgIpc) is 2.69. The van der Waals surface area contributed by atoms with E-state index in [1.54, 1.807) is 24.3 Å². The molecule has 1 aliphatic heterocycles.